The molecule has 4 heteroatoms. The first-order valence-corrected chi connectivity index (χ1v) is 5.83. The summed E-state index contributed by atoms with van der Waals surface area (Å²) in [7, 11) is 1.68. The Balaban J connectivity index is 2.73. The Labute approximate surface area is 103 Å². The molecule has 92 valence electrons. The minimum Gasteiger partial charge on any atom is -0.385 e. The standard InChI is InChI=1S/C13H19N3O/c1-10(2)12-6-5-11(9-14)13(16-12)15-7-4-8-17-3/h5-6,10H,4,7-8H2,1-3H3,(H,15,16). The molecule has 0 aliphatic rings. The normalized spacial score (nSPS) is 10.3. The van der Waals surface area contributed by atoms with Crippen LogP contribution in [0.1, 0.15) is 37.4 Å². The van der Waals surface area contributed by atoms with E-state index in [1.807, 2.05) is 12.1 Å². The summed E-state index contributed by atoms with van der Waals surface area (Å²) in [6.45, 7) is 5.64. The number of rotatable bonds is 6. The van der Waals surface area contributed by atoms with Crippen LogP contribution in [0.5, 0.6) is 0 Å². The van der Waals surface area contributed by atoms with E-state index >= 15 is 0 Å². The maximum Gasteiger partial charge on any atom is 0.144 e. The number of hydrogen-bond acceptors (Lipinski definition) is 4. The lowest BCUT2D eigenvalue weighted by Crippen LogP contribution is -2.09. The van der Waals surface area contributed by atoms with Gasteiger partial charge in [0.15, 0.2) is 0 Å². The lowest BCUT2D eigenvalue weighted by molar-refractivity contribution is 0.197. The smallest absolute Gasteiger partial charge is 0.144 e. The molecule has 0 saturated carbocycles. The number of nitriles is 1. The molecule has 0 unspecified atom stereocenters. The van der Waals surface area contributed by atoms with E-state index < -0.39 is 0 Å². The van der Waals surface area contributed by atoms with Gasteiger partial charge in [0.1, 0.15) is 11.9 Å². The summed E-state index contributed by atoms with van der Waals surface area (Å²) in [5.74, 6) is 1.04. The summed E-state index contributed by atoms with van der Waals surface area (Å²) in [6.07, 6.45) is 0.898. The summed E-state index contributed by atoms with van der Waals surface area (Å²) in [5, 5.41) is 12.2. The second-order valence-electron chi connectivity index (χ2n) is 4.17. The molecule has 0 saturated heterocycles. The first-order chi connectivity index (χ1) is 8.19. The van der Waals surface area contributed by atoms with E-state index in [4.69, 9.17) is 10.00 Å². The van der Waals surface area contributed by atoms with Crippen molar-refractivity contribution in [2.45, 2.75) is 26.2 Å². The first-order valence-electron chi connectivity index (χ1n) is 5.83. The molecule has 0 spiro atoms. The number of pyridine rings is 1. The molecule has 0 aliphatic heterocycles. The fraction of sp³-hybridized carbons (Fsp3) is 0.538. The summed E-state index contributed by atoms with van der Waals surface area (Å²) in [4.78, 5) is 4.47. The molecule has 0 aromatic carbocycles. The van der Waals surface area contributed by atoms with Crippen LogP contribution in [0, 0.1) is 11.3 Å². The Morgan fingerprint density at radius 1 is 1.47 bits per heavy atom. The van der Waals surface area contributed by atoms with Crippen molar-refractivity contribution in [3.05, 3.63) is 23.4 Å². The zero-order chi connectivity index (χ0) is 12.7. The number of aromatic nitrogens is 1. The number of anilines is 1. The molecule has 4 nitrogen and oxygen atoms in total. The molecule has 0 atom stereocenters. The maximum absolute atomic E-state index is 9.00. The van der Waals surface area contributed by atoms with E-state index in [0.29, 0.717) is 23.9 Å². The van der Waals surface area contributed by atoms with Crippen molar-refractivity contribution < 1.29 is 4.74 Å². The van der Waals surface area contributed by atoms with Gasteiger partial charge in [0, 0.05) is 26.0 Å². The molecule has 1 heterocycles. The van der Waals surface area contributed by atoms with Gasteiger partial charge in [0.2, 0.25) is 0 Å². The largest absolute Gasteiger partial charge is 0.385 e. The molecule has 1 aromatic heterocycles. The van der Waals surface area contributed by atoms with E-state index in [1.54, 1.807) is 7.11 Å². The van der Waals surface area contributed by atoms with Crippen molar-refractivity contribution in [2.75, 3.05) is 25.6 Å². The van der Waals surface area contributed by atoms with Crippen LogP contribution in [0.4, 0.5) is 5.82 Å². The van der Waals surface area contributed by atoms with Crippen molar-refractivity contribution in [3.8, 4) is 6.07 Å². The molecular formula is C13H19N3O. The van der Waals surface area contributed by atoms with Gasteiger partial charge in [-0.05, 0) is 24.5 Å². The number of nitrogens with one attached hydrogen (secondary N) is 1. The molecular weight excluding hydrogens is 214 g/mol. The highest BCUT2D eigenvalue weighted by atomic mass is 16.5. The van der Waals surface area contributed by atoms with Gasteiger partial charge in [-0.3, -0.25) is 0 Å². The van der Waals surface area contributed by atoms with Crippen molar-refractivity contribution >= 4 is 5.82 Å². The topological polar surface area (TPSA) is 57.9 Å². The Kier molecular flexibility index (Phi) is 5.44. The molecule has 1 aromatic rings. The maximum atomic E-state index is 9.00. The van der Waals surface area contributed by atoms with E-state index in [0.717, 1.165) is 18.7 Å². The number of methoxy groups -OCH3 is 1. The van der Waals surface area contributed by atoms with Gasteiger partial charge in [-0.25, -0.2) is 4.98 Å². The van der Waals surface area contributed by atoms with E-state index in [1.165, 1.54) is 0 Å². The number of hydrogen-bond donors (Lipinski definition) is 1. The van der Waals surface area contributed by atoms with Crippen LogP contribution in [-0.4, -0.2) is 25.2 Å². The fourth-order valence-corrected chi connectivity index (χ4v) is 1.44. The predicted octanol–water partition coefficient (Wildman–Crippen LogP) is 2.53. The van der Waals surface area contributed by atoms with Crippen LogP contribution in [0.2, 0.25) is 0 Å². The molecule has 17 heavy (non-hydrogen) atoms. The number of nitrogens with zero attached hydrogens (tertiary/aromatic N) is 2. The van der Waals surface area contributed by atoms with Gasteiger partial charge in [0.25, 0.3) is 0 Å². The fourth-order valence-electron chi connectivity index (χ4n) is 1.44. The molecule has 1 N–H and O–H groups in total. The van der Waals surface area contributed by atoms with Crippen LogP contribution in [0.25, 0.3) is 0 Å². The molecule has 0 radical (unpaired) electrons. The SMILES string of the molecule is COCCCNc1nc(C(C)C)ccc1C#N. The zero-order valence-corrected chi connectivity index (χ0v) is 10.7. The van der Waals surface area contributed by atoms with Gasteiger partial charge in [-0.2, -0.15) is 5.26 Å². The van der Waals surface area contributed by atoms with Gasteiger partial charge in [0.05, 0.1) is 5.56 Å². The third-order valence-corrected chi connectivity index (χ3v) is 2.45. The average molecular weight is 233 g/mol. The van der Waals surface area contributed by atoms with Crippen LogP contribution < -0.4 is 5.32 Å². The molecule has 0 aliphatic carbocycles. The van der Waals surface area contributed by atoms with Crippen molar-refractivity contribution in [1.29, 1.82) is 5.26 Å². The quantitative estimate of drug-likeness (QED) is 0.767. The van der Waals surface area contributed by atoms with E-state index in [2.05, 4.69) is 30.2 Å². The second kappa shape index (κ2) is 6.87. The molecule has 0 bridgehead atoms. The van der Waals surface area contributed by atoms with Gasteiger partial charge >= 0.3 is 0 Å². The van der Waals surface area contributed by atoms with E-state index in [9.17, 15) is 0 Å². The molecule has 0 amide bonds. The lowest BCUT2D eigenvalue weighted by Gasteiger charge is -2.10. The molecule has 1 rings (SSSR count). The lowest BCUT2D eigenvalue weighted by atomic mass is 10.1. The van der Waals surface area contributed by atoms with Gasteiger partial charge in [-0.15, -0.1) is 0 Å². The van der Waals surface area contributed by atoms with Crippen LogP contribution in [0.3, 0.4) is 0 Å². The average Bonchev–Trinajstić information content (AvgIpc) is 2.34. The van der Waals surface area contributed by atoms with Crippen LogP contribution in [0.15, 0.2) is 12.1 Å². The monoisotopic (exact) mass is 233 g/mol. The van der Waals surface area contributed by atoms with Crippen LogP contribution in [-0.2, 0) is 4.74 Å². The second-order valence-corrected chi connectivity index (χ2v) is 4.17. The summed E-state index contributed by atoms with van der Waals surface area (Å²) in [5.41, 5.74) is 1.59. The summed E-state index contributed by atoms with van der Waals surface area (Å²) in [6, 6.07) is 5.87. The van der Waals surface area contributed by atoms with Gasteiger partial charge < -0.3 is 10.1 Å². The third-order valence-electron chi connectivity index (χ3n) is 2.45. The molecule has 0 fully saturated rings. The Hall–Kier alpha value is -1.60. The summed E-state index contributed by atoms with van der Waals surface area (Å²) >= 11 is 0. The Morgan fingerprint density at radius 3 is 2.82 bits per heavy atom. The minimum absolute atomic E-state index is 0.363. The predicted molar refractivity (Wildman–Crippen MR) is 68.0 cm³/mol. The summed E-state index contributed by atoms with van der Waals surface area (Å²) < 4.78 is 4.97. The van der Waals surface area contributed by atoms with Crippen molar-refractivity contribution in [1.82, 2.24) is 4.98 Å². The third kappa shape index (κ3) is 4.04. The Bertz CT molecular complexity index is 396. The number of ether oxygens (including phenoxy) is 1. The first kappa shape index (κ1) is 13.5. The highest BCUT2D eigenvalue weighted by Crippen LogP contribution is 2.18. The Morgan fingerprint density at radius 2 is 2.24 bits per heavy atom. The van der Waals surface area contributed by atoms with Crippen LogP contribution >= 0.6 is 0 Å². The zero-order valence-electron chi connectivity index (χ0n) is 10.7. The van der Waals surface area contributed by atoms with Crippen molar-refractivity contribution in [2.24, 2.45) is 0 Å². The van der Waals surface area contributed by atoms with Crippen molar-refractivity contribution in [3.63, 3.8) is 0 Å². The minimum atomic E-state index is 0.363. The van der Waals surface area contributed by atoms with E-state index in [-0.39, 0.29) is 0 Å². The highest BCUT2D eigenvalue weighted by molar-refractivity contribution is 5.52. The highest BCUT2D eigenvalue weighted by Gasteiger charge is 2.07. The van der Waals surface area contributed by atoms with Gasteiger partial charge in [-0.1, -0.05) is 13.8 Å².